The van der Waals surface area contributed by atoms with E-state index < -0.39 is 5.97 Å². The van der Waals surface area contributed by atoms with E-state index in [-0.39, 0.29) is 11.1 Å². The minimum atomic E-state index is -1.06. The average molecular weight is 227 g/mol. The van der Waals surface area contributed by atoms with Gasteiger partial charge in [-0.15, -0.1) is 0 Å². The first-order valence-corrected chi connectivity index (χ1v) is 4.70. The summed E-state index contributed by atoms with van der Waals surface area (Å²) in [7, 11) is 0. The number of benzene rings is 1. The number of allylic oxidation sites excluding steroid dienone is 1. The van der Waals surface area contributed by atoms with Gasteiger partial charge in [0.15, 0.2) is 0 Å². The lowest BCUT2D eigenvalue weighted by Gasteiger charge is -2.07. The number of carboxylic acids is 1. The van der Waals surface area contributed by atoms with Crippen LogP contribution in [0.4, 0.5) is 5.69 Å². The van der Waals surface area contributed by atoms with Crippen LogP contribution in [0.1, 0.15) is 15.9 Å². The van der Waals surface area contributed by atoms with Crippen molar-refractivity contribution in [3.05, 3.63) is 41.1 Å². The Kier molecular flexibility index (Phi) is 3.86. The highest BCUT2D eigenvalue weighted by Gasteiger charge is 2.11. The molecule has 0 aromatic heterocycles. The van der Waals surface area contributed by atoms with Gasteiger partial charge in [-0.3, -0.25) is 0 Å². The van der Waals surface area contributed by atoms with Crippen LogP contribution in [0.2, 0.25) is 0 Å². The summed E-state index contributed by atoms with van der Waals surface area (Å²) in [4.78, 5) is 11.0. The van der Waals surface area contributed by atoms with Crippen LogP contribution in [0.3, 0.4) is 0 Å². The lowest BCUT2D eigenvalue weighted by atomic mass is 10.1. The molecule has 5 heteroatoms. The minimum Gasteiger partial charge on any atom is -0.478 e. The summed E-state index contributed by atoms with van der Waals surface area (Å²) >= 11 is 0. The quantitative estimate of drug-likeness (QED) is 0.770. The summed E-state index contributed by atoms with van der Waals surface area (Å²) in [6, 6.07) is 8.28. The van der Waals surface area contributed by atoms with E-state index in [9.17, 15) is 4.79 Å². The van der Waals surface area contributed by atoms with E-state index in [0.717, 1.165) is 0 Å². The van der Waals surface area contributed by atoms with Crippen molar-refractivity contribution in [2.45, 2.75) is 6.92 Å². The average Bonchev–Trinajstić information content (AvgIpc) is 2.29. The zero-order chi connectivity index (χ0) is 12.8. The van der Waals surface area contributed by atoms with Crippen molar-refractivity contribution in [3.8, 4) is 12.1 Å². The lowest BCUT2D eigenvalue weighted by Crippen LogP contribution is -2.04. The van der Waals surface area contributed by atoms with Gasteiger partial charge in [0.1, 0.15) is 17.7 Å². The largest absolute Gasteiger partial charge is 0.478 e. The van der Waals surface area contributed by atoms with Crippen LogP contribution in [0, 0.1) is 29.6 Å². The molecule has 0 radical (unpaired) electrons. The smallest absolute Gasteiger partial charge is 0.338 e. The molecule has 1 rings (SSSR count). The van der Waals surface area contributed by atoms with Gasteiger partial charge in [-0.2, -0.15) is 10.5 Å². The van der Waals surface area contributed by atoms with Gasteiger partial charge in [-0.1, -0.05) is 12.1 Å². The van der Waals surface area contributed by atoms with E-state index in [1.165, 1.54) is 6.20 Å². The summed E-state index contributed by atoms with van der Waals surface area (Å²) < 4.78 is 0. The van der Waals surface area contributed by atoms with E-state index in [4.69, 9.17) is 15.6 Å². The van der Waals surface area contributed by atoms with E-state index in [1.807, 2.05) is 0 Å². The first kappa shape index (κ1) is 12.3. The second-order valence-corrected chi connectivity index (χ2v) is 3.23. The Balaban J connectivity index is 3.14. The number of hydrogen-bond acceptors (Lipinski definition) is 4. The minimum absolute atomic E-state index is 0.122. The third kappa shape index (κ3) is 2.83. The third-order valence-electron chi connectivity index (χ3n) is 2.10. The van der Waals surface area contributed by atoms with Crippen LogP contribution in [0.25, 0.3) is 0 Å². The van der Waals surface area contributed by atoms with E-state index >= 15 is 0 Å². The first-order chi connectivity index (χ1) is 8.10. The highest BCUT2D eigenvalue weighted by molar-refractivity contribution is 5.96. The van der Waals surface area contributed by atoms with Crippen LogP contribution < -0.4 is 5.32 Å². The first-order valence-electron chi connectivity index (χ1n) is 4.70. The number of aryl methyl sites for hydroxylation is 1. The fourth-order valence-electron chi connectivity index (χ4n) is 1.31. The lowest BCUT2D eigenvalue weighted by molar-refractivity contribution is 0.0697. The molecule has 0 fully saturated rings. The summed E-state index contributed by atoms with van der Waals surface area (Å²) in [5, 5.41) is 28.8. The Morgan fingerprint density at radius 2 is 2.06 bits per heavy atom. The molecule has 0 saturated heterocycles. The van der Waals surface area contributed by atoms with Crippen molar-refractivity contribution in [2.75, 3.05) is 5.32 Å². The van der Waals surface area contributed by atoms with Gasteiger partial charge in [0.2, 0.25) is 0 Å². The molecule has 0 aliphatic carbocycles. The molecule has 0 saturated carbocycles. The maximum Gasteiger partial charge on any atom is 0.338 e. The molecular weight excluding hydrogens is 218 g/mol. The molecule has 17 heavy (non-hydrogen) atoms. The van der Waals surface area contributed by atoms with Crippen LogP contribution in [-0.4, -0.2) is 11.1 Å². The Bertz CT molecular complexity index is 546. The number of anilines is 1. The van der Waals surface area contributed by atoms with E-state index in [0.29, 0.717) is 11.3 Å². The fraction of sp³-hybridized carbons (Fsp3) is 0.0833. The van der Waals surface area contributed by atoms with Crippen molar-refractivity contribution in [3.63, 3.8) is 0 Å². The molecule has 1 aromatic rings. The number of aromatic carboxylic acids is 1. The molecule has 5 nitrogen and oxygen atoms in total. The number of rotatable bonds is 3. The van der Waals surface area contributed by atoms with Gasteiger partial charge in [0, 0.05) is 6.20 Å². The van der Waals surface area contributed by atoms with Crippen LogP contribution in [-0.2, 0) is 0 Å². The predicted molar refractivity (Wildman–Crippen MR) is 61.1 cm³/mol. The molecular formula is C12H9N3O2. The third-order valence-corrected chi connectivity index (χ3v) is 2.10. The number of carboxylic acid groups (broad SMARTS) is 1. The second-order valence-electron chi connectivity index (χ2n) is 3.23. The molecule has 0 spiro atoms. The highest BCUT2D eigenvalue weighted by Crippen LogP contribution is 2.19. The van der Waals surface area contributed by atoms with E-state index in [1.54, 1.807) is 37.3 Å². The number of nitrogens with zero attached hydrogens (tertiary/aromatic N) is 2. The Labute approximate surface area is 98.2 Å². The van der Waals surface area contributed by atoms with Crippen molar-refractivity contribution in [1.29, 1.82) is 10.5 Å². The number of nitrogens with one attached hydrogen (secondary N) is 1. The molecule has 84 valence electrons. The standard InChI is InChI=1S/C12H9N3O2/c1-8-3-2-4-10(11(8)12(16)17)15-7-9(5-13)6-14/h2-4,7,15H,1H3,(H,16,17). The summed E-state index contributed by atoms with van der Waals surface area (Å²) in [5.41, 5.74) is 0.952. The number of nitriles is 2. The molecule has 0 aliphatic heterocycles. The zero-order valence-electron chi connectivity index (χ0n) is 9.06. The highest BCUT2D eigenvalue weighted by atomic mass is 16.4. The van der Waals surface area contributed by atoms with Crippen molar-refractivity contribution < 1.29 is 9.90 Å². The Morgan fingerprint density at radius 3 is 2.59 bits per heavy atom. The maximum absolute atomic E-state index is 11.0. The van der Waals surface area contributed by atoms with Gasteiger partial charge in [-0.05, 0) is 18.6 Å². The summed E-state index contributed by atoms with van der Waals surface area (Å²) in [5.74, 6) is -1.06. The van der Waals surface area contributed by atoms with Gasteiger partial charge in [0.25, 0.3) is 0 Å². The van der Waals surface area contributed by atoms with Gasteiger partial charge in [0.05, 0.1) is 11.3 Å². The van der Waals surface area contributed by atoms with E-state index in [2.05, 4.69) is 5.32 Å². The van der Waals surface area contributed by atoms with Crippen molar-refractivity contribution >= 4 is 11.7 Å². The molecule has 1 aromatic carbocycles. The Hall–Kier alpha value is -2.79. The molecule has 0 heterocycles. The molecule has 0 amide bonds. The van der Waals surface area contributed by atoms with Crippen molar-refractivity contribution in [2.24, 2.45) is 0 Å². The normalized spacial score (nSPS) is 8.65. The number of carbonyl (C=O) groups is 1. The van der Waals surface area contributed by atoms with Crippen LogP contribution >= 0.6 is 0 Å². The monoisotopic (exact) mass is 227 g/mol. The topological polar surface area (TPSA) is 96.9 Å². The Morgan fingerprint density at radius 1 is 1.41 bits per heavy atom. The fourth-order valence-corrected chi connectivity index (χ4v) is 1.31. The van der Waals surface area contributed by atoms with Crippen LogP contribution in [0.5, 0.6) is 0 Å². The number of hydrogen-bond donors (Lipinski definition) is 2. The van der Waals surface area contributed by atoms with Crippen LogP contribution in [0.15, 0.2) is 30.0 Å². The SMILES string of the molecule is Cc1cccc(NC=C(C#N)C#N)c1C(=O)O. The summed E-state index contributed by atoms with van der Waals surface area (Å²) in [6.07, 6.45) is 1.18. The zero-order valence-corrected chi connectivity index (χ0v) is 9.06. The molecule has 0 atom stereocenters. The second kappa shape index (κ2) is 5.34. The van der Waals surface area contributed by atoms with Gasteiger partial charge >= 0.3 is 5.97 Å². The predicted octanol–water partition coefficient (Wildman–Crippen LogP) is 2.04. The molecule has 0 unspecified atom stereocenters. The van der Waals surface area contributed by atoms with Crippen molar-refractivity contribution in [1.82, 2.24) is 0 Å². The molecule has 0 aliphatic rings. The van der Waals surface area contributed by atoms with Gasteiger partial charge in [-0.25, -0.2) is 4.79 Å². The van der Waals surface area contributed by atoms with Gasteiger partial charge < -0.3 is 10.4 Å². The summed E-state index contributed by atoms with van der Waals surface area (Å²) in [6.45, 7) is 1.67. The molecule has 0 bridgehead atoms. The maximum atomic E-state index is 11.0. The molecule has 2 N–H and O–H groups in total.